The molecule has 0 saturated carbocycles. The van der Waals surface area contributed by atoms with Gasteiger partial charge in [-0.25, -0.2) is 4.79 Å². The van der Waals surface area contributed by atoms with Crippen LogP contribution in [0.5, 0.6) is 0 Å². The van der Waals surface area contributed by atoms with Crippen LogP contribution in [0.3, 0.4) is 0 Å². The van der Waals surface area contributed by atoms with E-state index in [1.54, 1.807) is 0 Å². The van der Waals surface area contributed by atoms with Crippen molar-refractivity contribution in [3.8, 4) is 0 Å². The van der Waals surface area contributed by atoms with Gasteiger partial charge in [-0.05, 0) is 6.92 Å². The highest BCUT2D eigenvalue weighted by Crippen LogP contribution is 2.51. The molecule has 0 radical (unpaired) electrons. The van der Waals surface area contributed by atoms with Crippen LogP contribution in [0.4, 0.5) is 0 Å². The number of nitrogens with zero attached hydrogens (tertiary/aromatic N) is 1. The summed E-state index contributed by atoms with van der Waals surface area (Å²) in [6, 6.07) is 0. The van der Waals surface area contributed by atoms with E-state index in [1.165, 1.54) is 18.9 Å². The number of amides is 1. The SMILES string of the molecule is C=C1C(=O)N2[C@@H](C(C)(C)C)OC[C@]2(C(=O)OC)[C@@]1(C)O. The number of aliphatic hydroxyl groups is 1. The first-order valence-corrected chi connectivity index (χ1v) is 6.47. The molecule has 0 aromatic carbocycles. The summed E-state index contributed by atoms with van der Waals surface area (Å²) in [6.07, 6.45) is -0.625. The maximum atomic E-state index is 12.5. The Morgan fingerprint density at radius 1 is 1.55 bits per heavy atom. The van der Waals surface area contributed by atoms with Crippen LogP contribution in [0.25, 0.3) is 0 Å². The third-order valence-electron chi connectivity index (χ3n) is 4.23. The maximum absolute atomic E-state index is 12.5. The van der Waals surface area contributed by atoms with E-state index in [1.807, 2.05) is 20.8 Å². The van der Waals surface area contributed by atoms with E-state index in [4.69, 9.17) is 9.47 Å². The maximum Gasteiger partial charge on any atom is 0.337 e. The van der Waals surface area contributed by atoms with Crippen LogP contribution >= 0.6 is 0 Å². The topological polar surface area (TPSA) is 76.1 Å². The fourth-order valence-corrected chi connectivity index (χ4v) is 2.96. The lowest BCUT2D eigenvalue weighted by molar-refractivity contribution is -0.166. The molecule has 0 unspecified atom stereocenters. The summed E-state index contributed by atoms with van der Waals surface area (Å²) < 4.78 is 10.5. The number of methoxy groups -OCH3 is 1. The largest absolute Gasteiger partial charge is 0.467 e. The van der Waals surface area contributed by atoms with Crippen molar-refractivity contribution in [2.24, 2.45) is 5.41 Å². The quantitative estimate of drug-likeness (QED) is 0.558. The second-order valence-electron chi connectivity index (χ2n) is 6.61. The number of hydrogen-bond acceptors (Lipinski definition) is 5. The molecule has 0 aliphatic carbocycles. The zero-order valence-electron chi connectivity index (χ0n) is 12.5. The van der Waals surface area contributed by atoms with Crippen molar-refractivity contribution < 1.29 is 24.2 Å². The molecule has 1 amide bonds. The summed E-state index contributed by atoms with van der Waals surface area (Å²) in [5.74, 6) is -1.17. The second-order valence-corrected chi connectivity index (χ2v) is 6.61. The van der Waals surface area contributed by atoms with Crippen LogP contribution in [0, 0.1) is 5.41 Å². The zero-order valence-corrected chi connectivity index (χ0v) is 12.5. The monoisotopic (exact) mass is 283 g/mol. The Bertz CT molecular complexity index is 490. The molecule has 2 saturated heterocycles. The molecule has 0 aromatic rings. The molecule has 2 aliphatic rings. The Kier molecular flexibility index (Phi) is 3.04. The van der Waals surface area contributed by atoms with Crippen molar-refractivity contribution in [3.63, 3.8) is 0 Å². The molecular formula is C14H21NO5. The van der Waals surface area contributed by atoms with Crippen molar-refractivity contribution in [1.29, 1.82) is 0 Å². The molecule has 0 spiro atoms. The first kappa shape index (κ1) is 15.0. The molecule has 0 aromatic heterocycles. The summed E-state index contributed by atoms with van der Waals surface area (Å²) in [5.41, 5.74) is -3.71. The average molecular weight is 283 g/mol. The fourth-order valence-electron chi connectivity index (χ4n) is 2.96. The van der Waals surface area contributed by atoms with Crippen molar-refractivity contribution in [2.75, 3.05) is 13.7 Å². The van der Waals surface area contributed by atoms with Gasteiger partial charge in [0.05, 0.1) is 13.7 Å². The molecule has 2 aliphatic heterocycles. The first-order chi connectivity index (χ1) is 9.01. The normalized spacial score (nSPS) is 37.3. The van der Waals surface area contributed by atoms with Crippen LogP contribution in [-0.4, -0.2) is 53.0 Å². The number of carbonyl (C=O) groups excluding carboxylic acids is 2. The van der Waals surface area contributed by atoms with Gasteiger partial charge >= 0.3 is 5.97 Å². The molecule has 6 nitrogen and oxygen atoms in total. The average Bonchev–Trinajstić information content (AvgIpc) is 2.82. The molecule has 6 heteroatoms. The van der Waals surface area contributed by atoms with Gasteiger partial charge in [-0.2, -0.15) is 0 Å². The van der Waals surface area contributed by atoms with E-state index in [2.05, 4.69) is 6.58 Å². The number of fused-ring (bicyclic) bond motifs is 1. The molecular weight excluding hydrogens is 262 g/mol. The summed E-state index contributed by atoms with van der Waals surface area (Å²) in [6.45, 7) is 10.6. The second kappa shape index (κ2) is 4.05. The summed E-state index contributed by atoms with van der Waals surface area (Å²) in [7, 11) is 1.22. The highest BCUT2D eigenvalue weighted by molar-refractivity contribution is 6.06. The number of rotatable bonds is 1. The van der Waals surface area contributed by atoms with Gasteiger partial charge in [0.25, 0.3) is 5.91 Å². The molecule has 2 rings (SSSR count). The third kappa shape index (κ3) is 1.52. The molecule has 2 heterocycles. The predicted octanol–water partition coefficient (Wildman–Crippen LogP) is 0.450. The lowest BCUT2D eigenvalue weighted by Gasteiger charge is -2.39. The Morgan fingerprint density at radius 3 is 2.55 bits per heavy atom. The molecule has 2 fully saturated rings. The highest BCUT2D eigenvalue weighted by atomic mass is 16.6. The third-order valence-corrected chi connectivity index (χ3v) is 4.23. The van der Waals surface area contributed by atoms with Gasteiger partial charge in [-0.1, -0.05) is 27.4 Å². The lowest BCUT2D eigenvalue weighted by Crippen LogP contribution is -2.63. The molecule has 20 heavy (non-hydrogen) atoms. The minimum atomic E-state index is -1.73. The Morgan fingerprint density at radius 2 is 2.10 bits per heavy atom. The van der Waals surface area contributed by atoms with Crippen molar-refractivity contribution in [1.82, 2.24) is 4.90 Å². The lowest BCUT2D eigenvalue weighted by atomic mass is 9.80. The first-order valence-electron chi connectivity index (χ1n) is 6.47. The van der Waals surface area contributed by atoms with E-state index in [-0.39, 0.29) is 12.2 Å². The molecule has 112 valence electrons. The highest BCUT2D eigenvalue weighted by Gasteiger charge is 2.73. The Hall–Kier alpha value is -1.40. The van der Waals surface area contributed by atoms with Crippen LogP contribution in [0.2, 0.25) is 0 Å². The summed E-state index contributed by atoms with van der Waals surface area (Å²) >= 11 is 0. The smallest absolute Gasteiger partial charge is 0.337 e. The van der Waals surface area contributed by atoms with Gasteiger partial charge in [0.1, 0.15) is 11.8 Å². The van der Waals surface area contributed by atoms with Crippen LogP contribution in [0.15, 0.2) is 12.2 Å². The minimum absolute atomic E-state index is 0.0135. The number of hydrogen-bond donors (Lipinski definition) is 1. The van der Waals surface area contributed by atoms with Gasteiger partial charge < -0.3 is 14.6 Å². The van der Waals surface area contributed by atoms with Gasteiger partial charge in [0.15, 0.2) is 5.54 Å². The van der Waals surface area contributed by atoms with Gasteiger partial charge in [0.2, 0.25) is 0 Å². The zero-order chi connectivity index (χ0) is 15.5. The van der Waals surface area contributed by atoms with E-state index in [9.17, 15) is 14.7 Å². The predicted molar refractivity (Wildman–Crippen MR) is 70.6 cm³/mol. The number of esters is 1. The molecule has 3 atom stereocenters. The van der Waals surface area contributed by atoms with E-state index < -0.39 is 34.7 Å². The molecule has 1 N–H and O–H groups in total. The van der Waals surface area contributed by atoms with E-state index >= 15 is 0 Å². The van der Waals surface area contributed by atoms with E-state index in [0.717, 1.165) is 0 Å². The van der Waals surface area contributed by atoms with Gasteiger partial charge in [-0.3, -0.25) is 9.69 Å². The molecule has 0 bridgehead atoms. The Balaban J connectivity index is 2.63. The number of ether oxygens (including phenoxy) is 2. The van der Waals surface area contributed by atoms with Crippen molar-refractivity contribution in [3.05, 3.63) is 12.2 Å². The van der Waals surface area contributed by atoms with Crippen molar-refractivity contribution >= 4 is 11.9 Å². The fraction of sp³-hybridized carbons (Fsp3) is 0.714. The number of carbonyl (C=O) groups is 2. The van der Waals surface area contributed by atoms with E-state index in [0.29, 0.717) is 0 Å². The van der Waals surface area contributed by atoms with Crippen LogP contribution < -0.4 is 0 Å². The van der Waals surface area contributed by atoms with Gasteiger partial charge in [-0.15, -0.1) is 0 Å². The van der Waals surface area contributed by atoms with Crippen LogP contribution in [0.1, 0.15) is 27.7 Å². The van der Waals surface area contributed by atoms with Crippen molar-refractivity contribution in [2.45, 2.75) is 45.1 Å². The summed E-state index contributed by atoms with van der Waals surface area (Å²) in [5, 5.41) is 10.7. The minimum Gasteiger partial charge on any atom is -0.467 e. The standard InChI is InChI=1S/C14H21NO5/c1-8-9(16)15-10(12(2,3)4)20-7-14(15,11(17)19-6)13(8,5)18/h10,18H,1,7H2,2-6H3/t10-,13+,14+/m1/s1. The Labute approximate surface area is 118 Å². The van der Waals surface area contributed by atoms with Crippen LogP contribution in [-0.2, 0) is 19.1 Å². The van der Waals surface area contributed by atoms with Gasteiger partial charge in [0, 0.05) is 11.0 Å². The summed E-state index contributed by atoms with van der Waals surface area (Å²) in [4.78, 5) is 26.1.